The van der Waals surface area contributed by atoms with Crippen LogP contribution in [0.3, 0.4) is 0 Å². The van der Waals surface area contributed by atoms with Crippen molar-refractivity contribution in [1.82, 2.24) is 15.5 Å². The van der Waals surface area contributed by atoms with E-state index in [0.717, 1.165) is 23.2 Å². The minimum absolute atomic E-state index is 0.116. The number of urea groups is 1. The van der Waals surface area contributed by atoms with Crippen LogP contribution >= 0.6 is 0 Å². The molecule has 0 radical (unpaired) electrons. The van der Waals surface area contributed by atoms with Gasteiger partial charge in [0, 0.05) is 6.04 Å². The second kappa shape index (κ2) is 6.49. The molecule has 2 aliphatic carbocycles. The largest absolute Gasteiger partial charge is 0.352 e. The summed E-state index contributed by atoms with van der Waals surface area (Å²) in [7, 11) is 0. The molecule has 2 N–H and O–H groups in total. The Balaban J connectivity index is 1.51. The number of hydrogen-bond acceptors (Lipinski definition) is 3. The molecule has 1 heterocycles. The zero-order chi connectivity index (χ0) is 16.6. The van der Waals surface area contributed by atoms with Gasteiger partial charge >= 0.3 is 6.03 Å². The summed E-state index contributed by atoms with van der Waals surface area (Å²) in [4.78, 5) is 37.3. The molecule has 5 atom stereocenters. The second-order valence-corrected chi connectivity index (χ2v) is 7.41. The smallest absolute Gasteiger partial charge is 0.325 e. The fourth-order valence-corrected chi connectivity index (χ4v) is 4.67. The van der Waals surface area contributed by atoms with E-state index in [0.29, 0.717) is 12.3 Å². The number of nitrogens with zero attached hydrogens (tertiary/aromatic N) is 1. The molecule has 1 saturated heterocycles. The predicted molar refractivity (Wildman–Crippen MR) is 85.5 cm³/mol. The summed E-state index contributed by atoms with van der Waals surface area (Å²) in [5.74, 6) is 1.61. The first-order chi connectivity index (χ1) is 11.0. The van der Waals surface area contributed by atoms with E-state index in [4.69, 9.17) is 0 Å². The molecule has 6 heteroatoms. The van der Waals surface area contributed by atoms with Crippen LogP contribution in [0.4, 0.5) is 4.79 Å². The molecule has 4 amide bonds. The van der Waals surface area contributed by atoms with E-state index in [1.165, 1.54) is 25.7 Å². The van der Waals surface area contributed by atoms with Crippen LogP contribution in [0, 0.1) is 17.8 Å². The van der Waals surface area contributed by atoms with Crippen molar-refractivity contribution in [2.24, 2.45) is 17.8 Å². The minimum atomic E-state index is -0.469. The lowest BCUT2D eigenvalue weighted by Crippen LogP contribution is -2.46. The van der Waals surface area contributed by atoms with Crippen LogP contribution in [0.2, 0.25) is 0 Å². The van der Waals surface area contributed by atoms with Crippen LogP contribution in [0.5, 0.6) is 0 Å². The number of nitrogens with one attached hydrogen (secondary N) is 2. The number of amides is 4. The molecule has 6 nitrogen and oxygen atoms in total. The van der Waals surface area contributed by atoms with Crippen LogP contribution in [0.15, 0.2) is 0 Å². The minimum Gasteiger partial charge on any atom is -0.352 e. The van der Waals surface area contributed by atoms with E-state index in [1.54, 1.807) is 0 Å². The van der Waals surface area contributed by atoms with Crippen molar-refractivity contribution in [3.63, 3.8) is 0 Å². The van der Waals surface area contributed by atoms with Gasteiger partial charge in [-0.05, 0) is 50.4 Å². The quantitative estimate of drug-likeness (QED) is 0.730. The van der Waals surface area contributed by atoms with Gasteiger partial charge in [-0.1, -0.05) is 19.8 Å². The van der Waals surface area contributed by atoms with Gasteiger partial charge in [0.25, 0.3) is 5.91 Å². The molecule has 128 valence electrons. The number of carbonyl (C=O) groups excluding carboxylic acids is 3. The summed E-state index contributed by atoms with van der Waals surface area (Å²) in [5.41, 5.74) is 0. The van der Waals surface area contributed by atoms with E-state index < -0.39 is 12.1 Å². The maximum atomic E-state index is 12.2. The van der Waals surface area contributed by atoms with Crippen molar-refractivity contribution in [3.8, 4) is 0 Å². The molecule has 1 aliphatic heterocycles. The van der Waals surface area contributed by atoms with Gasteiger partial charge in [0.2, 0.25) is 5.91 Å². The topological polar surface area (TPSA) is 78.5 Å². The molecule has 2 bridgehead atoms. The maximum Gasteiger partial charge on any atom is 0.325 e. The Morgan fingerprint density at radius 3 is 2.74 bits per heavy atom. The molecule has 3 fully saturated rings. The number of fused-ring (bicyclic) bond motifs is 2. The normalized spacial score (nSPS) is 33.9. The third-order valence-electron chi connectivity index (χ3n) is 5.81. The van der Waals surface area contributed by atoms with Gasteiger partial charge in [0.05, 0.1) is 0 Å². The summed E-state index contributed by atoms with van der Waals surface area (Å²) in [5, 5.41) is 5.66. The Labute approximate surface area is 137 Å². The lowest BCUT2D eigenvalue weighted by Gasteiger charge is -2.29. The van der Waals surface area contributed by atoms with Crippen molar-refractivity contribution >= 4 is 17.8 Å². The lowest BCUT2D eigenvalue weighted by atomic mass is 9.84. The van der Waals surface area contributed by atoms with Gasteiger partial charge in [-0.3, -0.25) is 14.5 Å². The van der Waals surface area contributed by atoms with Gasteiger partial charge in [-0.2, -0.15) is 0 Å². The van der Waals surface area contributed by atoms with Crippen molar-refractivity contribution < 1.29 is 14.4 Å². The van der Waals surface area contributed by atoms with Gasteiger partial charge in [-0.15, -0.1) is 0 Å². The summed E-state index contributed by atoms with van der Waals surface area (Å²) in [6.45, 7) is 3.84. The summed E-state index contributed by atoms with van der Waals surface area (Å²) in [6, 6.07) is -0.801. The molecule has 3 rings (SSSR count). The fourth-order valence-electron chi connectivity index (χ4n) is 4.67. The zero-order valence-corrected chi connectivity index (χ0v) is 14.0. The zero-order valence-electron chi connectivity index (χ0n) is 14.0. The molecular formula is C17H27N3O3. The Hall–Kier alpha value is -1.59. The third-order valence-corrected chi connectivity index (χ3v) is 5.81. The molecule has 3 aliphatic rings. The highest BCUT2D eigenvalue weighted by Gasteiger charge is 2.43. The van der Waals surface area contributed by atoms with Crippen LogP contribution < -0.4 is 10.6 Å². The van der Waals surface area contributed by atoms with Gasteiger partial charge < -0.3 is 10.6 Å². The highest BCUT2D eigenvalue weighted by atomic mass is 16.2. The van der Waals surface area contributed by atoms with Crippen molar-refractivity contribution in [2.45, 2.75) is 64.5 Å². The van der Waals surface area contributed by atoms with Crippen molar-refractivity contribution in [2.75, 3.05) is 6.54 Å². The Morgan fingerprint density at radius 2 is 2.13 bits per heavy atom. The standard InChI is InChI=1S/C17H27N3O3/c1-3-4-14-16(22)20(17(23)19-14)9-15(21)18-10(2)13-8-11-5-6-12(13)7-11/h10-14H,3-9H2,1-2H3,(H,18,21)(H,19,23). The Kier molecular flexibility index (Phi) is 4.60. The molecular weight excluding hydrogens is 294 g/mol. The molecule has 2 saturated carbocycles. The van der Waals surface area contributed by atoms with Crippen LogP contribution in [0.25, 0.3) is 0 Å². The average Bonchev–Trinajstić information content (AvgIpc) is 3.19. The number of imide groups is 1. The molecule has 0 aromatic heterocycles. The Bertz CT molecular complexity index is 507. The van der Waals surface area contributed by atoms with E-state index in [1.807, 2.05) is 6.92 Å². The SMILES string of the molecule is CCCC1NC(=O)N(CC(=O)NC(C)C2CC3CCC2C3)C1=O. The third kappa shape index (κ3) is 3.21. The molecule has 0 spiro atoms. The number of hydrogen-bond donors (Lipinski definition) is 2. The van der Waals surface area contributed by atoms with Gasteiger partial charge in [0.15, 0.2) is 0 Å². The lowest BCUT2D eigenvalue weighted by molar-refractivity contribution is -0.132. The van der Waals surface area contributed by atoms with E-state index in [9.17, 15) is 14.4 Å². The summed E-state index contributed by atoms with van der Waals surface area (Å²) < 4.78 is 0. The number of carbonyl (C=O) groups is 3. The van der Waals surface area contributed by atoms with Gasteiger partial charge in [-0.25, -0.2) is 4.79 Å². The predicted octanol–water partition coefficient (Wildman–Crippen LogP) is 1.65. The Morgan fingerprint density at radius 1 is 1.35 bits per heavy atom. The average molecular weight is 321 g/mol. The van der Waals surface area contributed by atoms with E-state index in [2.05, 4.69) is 17.6 Å². The van der Waals surface area contributed by atoms with Gasteiger partial charge in [0.1, 0.15) is 12.6 Å². The second-order valence-electron chi connectivity index (χ2n) is 7.41. The summed E-state index contributed by atoms with van der Waals surface area (Å²) in [6.07, 6.45) is 6.55. The summed E-state index contributed by atoms with van der Waals surface area (Å²) >= 11 is 0. The van der Waals surface area contributed by atoms with Crippen molar-refractivity contribution in [1.29, 1.82) is 0 Å². The molecule has 23 heavy (non-hydrogen) atoms. The maximum absolute atomic E-state index is 12.2. The number of rotatable bonds is 6. The highest BCUT2D eigenvalue weighted by Crippen LogP contribution is 2.49. The fraction of sp³-hybridized carbons (Fsp3) is 0.824. The van der Waals surface area contributed by atoms with Crippen molar-refractivity contribution in [3.05, 3.63) is 0 Å². The monoisotopic (exact) mass is 321 g/mol. The van der Waals surface area contributed by atoms with Crippen LogP contribution in [0.1, 0.15) is 52.4 Å². The highest BCUT2D eigenvalue weighted by molar-refractivity contribution is 6.06. The van der Waals surface area contributed by atoms with Crippen LogP contribution in [-0.4, -0.2) is 41.4 Å². The molecule has 0 aromatic carbocycles. The van der Waals surface area contributed by atoms with E-state index >= 15 is 0 Å². The first kappa shape index (κ1) is 16.3. The van der Waals surface area contributed by atoms with Crippen LogP contribution in [-0.2, 0) is 9.59 Å². The molecule has 5 unspecified atom stereocenters. The van der Waals surface area contributed by atoms with E-state index in [-0.39, 0.29) is 24.4 Å². The first-order valence-electron chi connectivity index (χ1n) is 8.90. The first-order valence-corrected chi connectivity index (χ1v) is 8.90. The molecule has 0 aromatic rings.